The Labute approximate surface area is 119 Å². The molecule has 2 rings (SSSR count). The average Bonchev–Trinajstić information content (AvgIpc) is 2.87. The number of para-hydroxylation sites is 1. The molecule has 0 atom stereocenters. The molecule has 4 heteroatoms. The number of hydrogen-bond acceptors (Lipinski definition) is 2. The van der Waals surface area contributed by atoms with Crippen molar-refractivity contribution in [3.8, 4) is 5.75 Å². The summed E-state index contributed by atoms with van der Waals surface area (Å²) in [7, 11) is 1.86. The lowest BCUT2D eigenvalue weighted by molar-refractivity contribution is 0.0946. The fraction of sp³-hybridized carbons (Fsp3) is 0.312. The van der Waals surface area contributed by atoms with Gasteiger partial charge in [0.2, 0.25) is 0 Å². The number of aromatic nitrogens is 1. The quantitative estimate of drug-likeness (QED) is 0.877. The molecule has 0 radical (unpaired) electrons. The standard InChI is InChI=1S/C16H20N2O2/c1-3-20-15-9-5-4-7-13(15)10-11-17-16(19)14-8-6-12-18(14)2/h4-9,12H,3,10-11H2,1-2H3,(H,17,19). The second-order valence-electron chi connectivity index (χ2n) is 4.55. The molecule has 1 N–H and O–H groups in total. The van der Waals surface area contributed by atoms with Crippen LogP contribution in [-0.4, -0.2) is 23.6 Å². The number of amides is 1. The first-order chi connectivity index (χ1) is 9.72. The van der Waals surface area contributed by atoms with Crippen LogP contribution in [0.1, 0.15) is 23.0 Å². The van der Waals surface area contributed by atoms with Gasteiger partial charge in [0.25, 0.3) is 5.91 Å². The maximum absolute atomic E-state index is 12.0. The van der Waals surface area contributed by atoms with Crippen LogP contribution < -0.4 is 10.1 Å². The van der Waals surface area contributed by atoms with Gasteiger partial charge in [-0.25, -0.2) is 0 Å². The van der Waals surface area contributed by atoms with E-state index in [1.165, 1.54) is 0 Å². The SMILES string of the molecule is CCOc1ccccc1CCNC(=O)c1cccn1C. The van der Waals surface area contributed by atoms with Crippen molar-refractivity contribution in [1.29, 1.82) is 0 Å². The molecule has 0 aliphatic rings. The molecule has 1 heterocycles. The van der Waals surface area contributed by atoms with E-state index in [4.69, 9.17) is 4.74 Å². The predicted molar refractivity (Wildman–Crippen MR) is 79.1 cm³/mol. The van der Waals surface area contributed by atoms with E-state index in [9.17, 15) is 4.79 Å². The lowest BCUT2D eigenvalue weighted by Crippen LogP contribution is -2.27. The molecule has 1 aromatic heterocycles. The highest BCUT2D eigenvalue weighted by molar-refractivity contribution is 5.92. The van der Waals surface area contributed by atoms with Gasteiger partial charge in [-0.05, 0) is 37.1 Å². The van der Waals surface area contributed by atoms with E-state index >= 15 is 0 Å². The zero-order valence-corrected chi connectivity index (χ0v) is 11.9. The molecular formula is C16H20N2O2. The molecule has 20 heavy (non-hydrogen) atoms. The number of carbonyl (C=O) groups excluding carboxylic acids is 1. The number of nitrogens with one attached hydrogen (secondary N) is 1. The van der Waals surface area contributed by atoms with E-state index in [1.54, 1.807) is 0 Å². The van der Waals surface area contributed by atoms with Crippen LogP contribution >= 0.6 is 0 Å². The highest BCUT2D eigenvalue weighted by Crippen LogP contribution is 2.18. The van der Waals surface area contributed by atoms with Crippen molar-refractivity contribution in [3.05, 3.63) is 53.9 Å². The Bertz CT molecular complexity index is 575. The number of aryl methyl sites for hydroxylation is 1. The van der Waals surface area contributed by atoms with Crippen LogP contribution in [0, 0.1) is 0 Å². The van der Waals surface area contributed by atoms with Crippen LogP contribution in [0.3, 0.4) is 0 Å². The van der Waals surface area contributed by atoms with Crippen LogP contribution in [-0.2, 0) is 13.5 Å². The third-order valence-electron chi connectivity index (χ3n) is 3.13. The third-order valence-corrected chi connectivity index (χ3v) is 3.13. The number of benzene rings is 1. The first kappa shape index (κ1) is 14.2. The maximum atomic E-state index is 12.0. The van der Waals surface area contributed by atoms with Crippen molar-refractivity contribution < 1.29 is 9.53 Å². The van der Waals surface area contributed by atoms with Gasteiger partial charge in [-0.3, -0.25) is 4.79 Å². The van der Waals surface area contributed by atoms with Crippen molar-refractivity contribution in [2.24, 2.45) is 7.05 Å². The summed E-state index contributed by atoms with van der Waals surface area (Å²) in [4.78, 5) is 12.0. The summed E-state index contributed by atoms with van der Waals surface area (Å²) >= 11 is 0. The van der Waals surface area contributed by atoms with Gasteiger partial charge in [0.05, 0.1) is 6.61 Å². The van der Waals surface area contributed by atoms with Crippen molar-refractivity contribution in [2.45, 2.75) is 13.3 Å². The number of rotatable bonds is 6. The van der Waals surface area contributed by atoms with E-state index in [2.05, 4.69) is 5.32 Å². The minimum Gasteiger partial charge on any atom is -0.494 e. The fourth-order valence-electron chi connectivity index (χ4n) is 2.10. The first-order valence-corrected chi connectivity index (χ1v) is 6.82. The second-order valence-corrected chi connectivity index (χ2v) is 4.55. The Morgan fingerprint density at radius 3 is 2.75 bits per heavy atom. The van der Waals surface area contributed by atoms with Gasteiger partial charge in [0.1, 0.15) is 11.4 Å². The third kappa shape index (κ3) is 3.41. The minimum absolute atomic E-state index is 0.0496. The van der Waals surface area contributed by atoms with Gasteiger partial charge in [-0.2, -0.15) is 0 Å². The first-order valence-electron chi connectivity index (χ1n) is 6.82. The van der Waals surface area contributed by atoms with Crippen molar-refractivity contribution in [1.82, 2.24) is 9.88 Å². The number of nitrogens with zero attached hydrogens (tertiary/aromatic N) is 1. The average molecular weight is 272 g/mol. The molecule has 0 spiro atoms. The van der Waals surface area contributed by atoms with Crippen molar-refractivity contribution in [2.75, 3.05) is 13.2 Å². The highest BCUT2D eigenvalue weighted by atomic mass is 16.5. The number of hydrogen-bond donors (Lipinski definition) is 1. The summed E-state index contributed by atoms with van der Waals surface area (Å²) < 4.78 is 7.38. The molecule has 0 aliphatic heterocycles. The van der Waals surface area contributed by atoms with Gasteiger partial charge >= 0.3 is 0 Å². The normalized spacial score (nSPS) is 10.3. The van der Waals surface area contributed by atoms with Crippen LogP contribution in [0.4, 0.5) is 0 Å². The van der Waals surface area contributed by atoms with Crippen molar-refractivity contribution in [3.63, 3.8) is 0 Å². The molecule has 0 unspecified atom stereocenters. The van der Waals surface area contributed by atoms with Gasteiger partial charge in [0.15, 0.2) is 0 Å². The molecule has 4 nitrogen and oxygen atoms in total. The smallest absolute Gasteiger partial charge is 0.267 e. The van der Waals surface area contributed by atoms with Crippen LogP contribution in [0.5, 0.6) is 5.75 Å². The summed E-state index contributed by atoms with van der Waals surface area (Å²) in [5, 5.41) is 2.93. The van der Waals surface area contributed by atoms with Gasteiger partial charge < -0.3 is 14.6 Å². The van der Waals surface area contributed by atoms with Gasteiger partial charge in [-0.15, -0.1) is 0 Å². The van der Waals surface area contributed by atoms with Crippen LogP contribution in [0.2, 0.25) is 0 Å². The fourth-order valence-corrected chi connectivity index (χ4v) is 2.10. The Morgan fingerprint density at radius 2 is 2.05 bits per heavy atom. The molecule has 0 fully saturated rings. The molecule has 2 aromatic rings. The van der Waals surface area contributed by atoms with E-state index < -0.39 is 0 Å². The van der Waals surface area contributed by atoms with Crippen molar-refractivity contribution >= 4 is 5.91 Å². The van der Waals surface area contributed by atoms with E-state index in [0.717, 1.165) is 17.7 Å². The number of ether oxygens (including phenoxy) is 1. The van der Waals surface area contributed by atoms with E-state index in [-0.39, 0.29) is 5.91 Å². The second kappa shape index (κ2) is 6.80. The summed E-state index contributed by atoms with van der Waals surface area (Å²) in [5.74, 6) is 0.842. The summed E-state index contributed by atoms with van der Waals surface area (Å²) in [6.07, 6.45) is 2.62. The van der Waals surface area contributed by atoms with E-state index in [1.807, 2.05) is 61.1 Å². The zero-order valence-electron chi connectivity index (χ0n) is 11.9. The molecule has 0 bridgehead atoms. The summed E-state index contributed by atoms with van der Waals surface area (Å²) in [5.41, 5.74) is 1.78. The maximum Gasteiger partial charge on any atom is 0.267 e. The largest absolute Gasteiger partial charge is 0.494 e. The predicted octanol–water partition coefficient (Wildman–Crippen LogP) is 2.40. The molecule has 1 amide bonds. The summed E-state index contributed by atoms with van der Waals surface area (Å²) in [6.45, 7) is 3.20. The Hall–Kier alpha value is -2.23. The summed E-state index contributed by atoms with van der Waals surface area (Å²) in [6, 6.07) is 11.6. The zero-order chi connectivity index (χ0) is 14.4. The lowest BCUT2D eigenvalue weighted by Gasteiger charge is -2.10. The highest BCUT2D eigenvalue weighted by Gasteiger charge is 2.08. The molecule has 0 saturated carbocycles. The van der Waals surface area contributed by atoms with Gasteiger partial charge in [-0.1, -0.05) is 18.2 Å². The van der Waals surface area contributed by atoms with E-state index in [0.29, 0.717) is 18.8 Å². The number of carbonyl (C=O) groups is 1. The van der Waals surface area contributed by atoms with Crippen LogP contribution in [0.25, 0.3) is 0 Å². The lowest BCUT2D eigenvalue weighted by atomic mass is 10.1. The van der Waals surface area contributed by atoms with Crippen LogP contribution in [0.15, 0.2) is 42.6 Å². The Morgan fingerprint density at radius 1 is 1.25 bits per heavy atom. The van der Waals surface area contributed by atoms with Gasteiger partial charge in [0, 0.05) is 19.8 Å². The monoisotopic (exact) mass is 272 g/mol. The molecule has 1 aromatic carbocycles. The molecule has 0 aliphatic carbocycles. The molecular weight excluding hydrogens is 252 g/mol. The Kier molecular flexibility index (Phi) is 4.82. The molecule has 106 valence electrons. The topological polar surface area (TPSA) is 43.3 Å². The minimum atomic E-state index is -0.0496. The molecule has 0 saturated heterocycles. The Balaban J connectivity index is 1.90.